The van der Waals surface area contributed by atoms with Crippen LogP contribution in [0.4, 0.5) is 4.39 Å². The molecule has 2 rings (SSSR count). The molecule has 0 spiro atoms. The first kappa shape index (κ1) is 12.8. The van der Waals surface area contributed by atoms with Crippen LogP contribution >= 0.6 is 11.6 Å². The zero-order valence-electron chi connectivity index (χ0n) is 9.68. The van der Waals surface area contributed by atoms with Crippen LogP contribution in [0.5, 0.6) is 0 Å². The smallest absolute Gasteiger partial charge is 0.129 e. The Labute approximate surface area is 106 Å². The van der Waals surface area contributed by atoms with E-state index >= 15 is 0 Å². The summed E-state index contributed by atoms with van der Waals surface area (Å²) in [5.41, 5.74) is 0.765. The van der Waals surface area contributed by atoms with Gasteiger partial charge in [0.05, 0.1) is 0 Å². The molecule has 1 aromatic carbocycles. The zero-order chi connectivity index (χ0) is 12.3. The predicted octanol–water partition coefficient (Wildman–Crippen LogP) is 2.73. The van der Waals surface area contributed by atoms with E-state index in [0.717, 1.165) is 25.8 Å². The van der Waals surface area contributed by atoms with Gasteiger partial charge < -0.3 is 10.4 Å². The molecule has 0 heterocycles. The van der Waals surface area contributed by atoms with Crippen molar-refractivity contribution in [2.24, 2.45) is 5.41 Å². The maximum absolute atomic E-state index is 13.5. The Kier molecular flexibility index (Phi) is 4.02. The molecule has 0 radical (unpaired) electrons. The summed E-state index contributed by atoms with van der Waals surface area (Å²) in [6.45, 7) is 1.49. The number of halogens is 2. The highest BCUT2D eigenvalue weighted by atomic mass is 35.5. The second kappa shape index (κ2) is 5.34. The highest BCUT2D eigenvalue weighted by molar-refractivity contribution is 6.31. The van der Waals surface area contributed by atoms with E-state index in [2.05, 4.69) is 5.32 Å². The highest BCUT2D eigenvalue weighted by Crippen LogP contribution is 2.47. The van der Waals surface area contributed by atoms with E-state index in [1.807, 2.05) is 0 Å². The van der Waals surface area contributed by atoms with Crippen molar-refractivity contribution >= 4 is 11.6 Å². The summed E-state index contributed by atoms with van der Waals surface area (Å²) in [5.74, 6) is -0.267. The SMILES string of the molecule is OCCC1(CNCc2c(F)cccc2Cl)CC1. The average Bonchev–Trinajstić information content (AvgIpc) is 3.03. The molecule has 0 unspecified atom stereocenters. The molecule has 2 nitrogen and oxygen atoms in total. The number of aliphatic hydroxyl groups is 1. The lowest BCUT2D eigenvalue weighted by Crippen LogP contribution is -2.25. The van der Waals surface area contributed by atoms with Crippen molar-refractivity contribution in [2.75, 3.05) is 13.2 Å². The summed E-state index contributed by atoms with van der Waals surface area (Å²) in [6, 6.07) is 4.72. The largest absolute Gasteiger partial charge is 0.396 e. The van der Waals surface area contributed by atoms with Crippen LogP contribution < -0.4 is 5.32 Å². The van der Waals surface area contributed by atoms with Gasteiger partial charge in [-0.25, -0.2) is 4.39 Å². The van der Waals surface area contributed by atoms with Gasteiger partial charge in [-0.2, -0.15) is 0 Å². The van der Waals surface area contributed by atoms with Crippen LogP contribution in [0, 0.1) is 11.2 Å². The third-order valence-corrected chi connectivity index (χ3v) is 3.82. The van der Waals surface area contributed by atoms with E-state index in [1.165, 1.54) is 6.07 Å². The van der Waals surface area contributed by atoms with Crippen molar-refractivity contribution in [3.05, 3.63) is 34.6 Å². The van der Waals surface area contributed by atoms with Gasteiger partial charge >= 0.3 is 0 Å². The standard InChI is InChI=1S/C13H17ClFNO/c14-11-2-1-3-12(15)10(11)8-16-9-13(4-5-13)6-7-17/h1-3,16-17H,4-9H2. The third kappa shape index (κ3) is 3.18. The molecule has 1 saturated carbocycles. The van der Waals surface area contributed by atoms with E-state index in [9.17, 15) is 4.39 Å². The Morgan fingerprint density at radius 3 is 2.76 bits per heavy atom. The minimum Gasteiger partial charge on any atom is -0.396 e. The molecule has 1 aliphatic carbocycles. The Bertz CT molecular complexity index is 373. The molecule has 94 valence electrons. The van der Waals surface area contributed by atoms with Crippen LogP contribution in [-0.4, -0.2) is 18.3 Å². The monoisotopic (exact) mass is 257 g/mol. The van der Waals surface area contributed by atoms with E-state index in [1.54, 1.807) is 12.1 Å². The summed E-state index contributed by atoms with van der Waals surface area (Å²) < 4.78 is 13.5. The van der Waals surface area contributed by atoms with Crippen LogP contribution in [0.25, 0.3) is 0 Å². The fourth-order valence-electron chi connectivity index (χ4n) is 2.08. The van der Waals surface area contributed by atoms with Crippen LogP contribution in [0.3, 0.4) is 0 Å². The van der Waals surface area contributed by atoms with Gasteiger partial charge in [0.25, 0.3) is 0 Å². The van der Waals surface area contributed by atoms with Crippen molar-refractivity contribution in [1.29, 1.82) is 0 Å². The minimum absolute atomic E-state index is 0.224. The summed E-state index contributed by atoms with van der Waals surface area (Å²) in [7, 11) is 0. The average molecular weight is 258 g/mol. The van der Waals surface area contributed by atoms with Crippen molar-refractivity contribution in [3.8, 4) is 0 Å². The molecule has 0 amide bonds. The summed E-state index contributed by atoms with van der Waals surface area (Å²) in [6.07, 6.45) is 3.11. The topological polar surface area (TPSA) is 32.3 Å². The molecule has 0 saturated heterocycles. The van der Waals surface area contributed by atoms with Crippen LogP contribution in [0.2, 0.25) is 5.02 Å². The Morgan fingerprint density at radius 2 is 2.18 bits per heavy atom. The molecular formula is C13H17ClFNO. The highest BCUT2D eigenvalue weighted by Gasteiger charge is 2.41. The molecule has 4 heteroatoms. The second-order valence-corrected chi connectivity index (χ2v) is 5.18. The number of rotatable bonds is 6. The van der Waals surface area contributed by atoms with Crippen LogP contribution in [-0.2, 0) is 6.54 Å². The van der Waals surface area contributed by atoms with E-state index in [4.69, 9.17) is 16.7 Å². The van der Waals surface area contributed by atoms with Gasteiger partial charge in [0.2, 0.25) is 0 Å². The number of aliphatic hydroxyl groups excluding tert-OH is 1. The Morgan fingerprint density at radius 1 is 1.41 bits per heavy atom. The number of hydrogen-bond donors (Lipinski definition) is 2. The van der Waals surface area contributed by atoms with Gasteiger partial charge in [0.1, 0.15) is 5.82 Å². The van der Waals surface area contributed by atoms with Crippen molar-refractivity contribution < 1.29 is 9.50 Å². The predicted molar refractivity (Wildman–Crippen MR) is 66.5 cm³/mol. The Balaban J connectivity index is 1.86. The molecule has 17 heavy (non-hydrogen) atoms. The maximum Gasteiger partial charge on any atom is 0.129 e. The lowest BCUT2D eigenvalue weighted by atomic mass is 10.0. The van der Waals surface area contributed by atoms with Gasteiger partial charge in [-0.05, 0) is 36.8 Å². The van der Waals surface area contributed by atoms with E-state index < -0.39 is 0 Å². The normalized spacial score (nSPS) is 17.1. The first-order valence-corrected chi connectivity index (χ1v) is 6.29. The minimum atomic E-state index is -0.267. The zero-order valence-corrected chi connectivity index (χ0v) is 10.4. The van der Waals surface area contributed by atoms with E-state index in [0.29, 0.717) is 17.1 Å². The molecular weight excluding hydrogens is 241 g/mol. The summed E-state index contributed by atoms with van der Waals surface area (Å²) in [4.78, 5) is 0. The first-order chi connectivity index (χ1) is 8.17. The van der Waals surface area contributed by atoms with Gasteiger partial charge in [-0.1, -0.05) is 17.7 Å². The summed E-state index contributed by atoms with van der Waals surface area (Å²) in [5, 5.41) is 12.6. The third-order valence-electron chi connectivity index (χ3n) is 3.46. The van der Waals surface area contributed by atoms with Gasteiger partial charge in [-0.15, -0.1) is 0 Å². The van der Waals surface area contributed by atoms with Gasteiger partial charge in [0, 0.05) is 30.3 Å². The van der Waals surface area contributed by atoms with Crippen molar-refractivity contribution in [1.82, 2.24) is 5.32 Å². The molecule has 2 N–H and O–H groups in total. The van der Waals surface area contributed by atoms with E-state index in [-0.39, 0.29) is 17.8 Å². The fraction of sp³-hybridized carbons (Fsp3) is 0.538. The molecule has 0 bridgehead atoms. The lowest BCUT2D eigenvalue weighted by molar-refractivity contribution is 0.245. The second-order valence-electron chi connectivity index (χ2n) is 4.78. The Hall–Kier alpha value is -0.640. The maximum atomic E-state index is 13.5. The van der Waals surface area contributed by atoms with Gasteiger partial charge in [-0.3, -0.25) is 0 Å². The molecule has 0 atom stereocenters. The molecule has 1 fully saturated rings. The quantitative estimate of drug-likeness (QED) is 0.821. The van der Waals surface area contributed by atoms with Gasteiger partial charge in [0.15, 0.2) is 0 Å². The molecule has 1 aromatic rings. The lowest BCUT2D eigenvalue weighted by Gasteiger charge is -2.15. The van der Waals surface area contributed by atoms with Crippen molar-refractivity contribution in [3.63, 3.8) is 0 Å². The van der Waals surface area contributed by atoms with Crippen molar-refractivity contribution in [2.45, 2.75) is 25.8 Å². The molecule has 0 aromatic heterocycles. The number of benzene rings is 1. The van der Waals surface area contributed by atoms with Crippen LogP contribution in [0.15, 0.2) is 18.2 Å². The number of nitrogens with one attached hydrogen (secondary N) is 1. The first-order valence-electron chi connectivity index (χ1n) is 5.91. The van der Waals surface area contributed by atoms with Crippen LogP contribution in [0.1, 0.15) is 24.8 Å². The fourth-order valence-corrected chi connectivity index (χ4v) is 2.31. The number of hydrogen-bond acceptors (Lipinski definition) is 2. The summed E-state index contributed by atoms with van der Waals surface area (Å²) >= 11 is 5.94. The molecule has 1 aliphatic rings. The molecule has 0 aliphatic heterocycles.